The molecule has 0 saturated carbocycles. The highest BCUT2D eigenvalue weighted by Crippen LogP contribution is 2.31. The lowest BCUT2D eigenvalue weighted by molar-refractivity contribution is -0.116. The van der Waals surface area contributed by atoms with E-state index in [0.717, 1.165) is 35.4 Å². The van der Waals surface area contributed by atoms with Crippen LogP contribution < -0.4 is 10.1 Å². The lowest BCUT2D eigenvalue weighted by Crippen LogP contribution is -2.12. The number of nitrogens with one attached hydrogen (secondary N) is 1. The number of anilines is 1. The number of aryl methyl sites for hydroxylation is 2. The van der Waals surface area contributed by atoms with E-state index in [2.05, 4.69) is 16.4 Å². The fourth-order valence-electron chi connectivity index (χ4n) is 2.73. The largest absolute Gasteiger partial charge is 0.495 e. The minimum Gasteiger partial charge on any atom is -0.495 e. The van der Waals surface area contributed by atoms with Crippen LogP contribution in [-0.2, 0) is 11.2 Å². The van der Waals surface area contributed by atoms with E-state index in [9.17, 15) is 4.79 Å². The molecule has 1 heterocycles. The molecule has 2 aromatic carbocycles. The van der Waals surface area contributed by atoms with E-state index in [1.54, 1.807) is 24.5 Å². The Kier molecular flexibility index (Phi) is 6.12. The number of hydrogen-bond acceptors (Lipinski definition) is 4. The molecule has 136 valence electrons. The van der Waals surface area contributed by atoms with Crippen molar-refractivity contribution in [3.63, 3.8) is 0 Å². The summed E-state index contributed by atoms with van der Waals surface area (Å²) in [5, 5.41) is 4.66. The Morgan fingerprint density at radius 1 is 1.27 bits per heavy atom. The second-order valence-corrected chi connectivity index (χ2v) is 7.65. The van der Waals surface area contributed by atoms with Gasteiger partial charge in [0, 0.05) is 17.5 Å². The maximum absolute atomic E-state index is 12.2. The van der Waals surface area contributed by atoms with Crippen LogP contribution in [0.15, 0.2) is 36.4 Å². The number of amides is 1. The summed E-state index contributed by atoms with van der Waals surface area (Å²) in [5.74, 6) is 0.553. The van der Waals surface area contributed by atoms with Crippen molar-refractivity contribution in [2.75, 3.05) is 12.4 Å². The number of carbonyl (C=O) groups excluding carboxylic acids is 1. The number of benzene rings is 2. The van der Waals surface area contributed by atoms with Gasteiger partial charge in [-0.2, -0.15) is 0 Å². The number of methoxy groups -OCH3 is 1. The molecule has 0 radical (unpaired) electrons. The third kappa shape index (κ3) is 4.54. The lowest BCUT2D eigenvalue weighted by atomic mass is 10.1. The van der Waals surface area contributed by atoms with Gasteiger partial charge in [-0.3, -0.25) is 4.79 Å². The summed E-state index contributed by atoms with van der Waals surface area (Å²) in [6, 6.07) is 11.7. The Morgan fingerprint density at radius 2 is 2.08 bits per heavy atom. The summed E-state index contributed by atoms with van der Waals surface area (Å²) in [4.78, 5) is 16.8. The van der Waals surface area contributed by atoms with Gasteiger partial charge in [-0.25, -0.2) is 4.98 Å². The molecule has 0 saturated heterocycles. The van der Waals surface area contributed by atoms with E-state index in [1.165, 1.54) is 4.70 Å². The smallest absolute Gasteiger partial charge is 0.224 e. The van der Waals surface area contributed by atoms with Crippen LogP contribution >= 0.6 is 22.9 Å². The van der Waals surface area contributed by atoms with Gasteiger partial charge in [0.05, 0.1) is 28.0 Å². The molecule has 0 atom stereocenters. The SMILES string of the molecule is COc1cc(Cl)c(C)cc1NC(=O)CCCCc1nc2ccccc2s1. The summed E-state index contributed by atoms with van der Waals surface area (Å²) in [5.41, 5.74) is 2.61. The first-order chi connectivity index (χ1) is 12.6. The fraction of sp³-hybridized carbons (Fsp3) is 0.300. The molecule has 1 amide bonds. The van der Waals surface area contributed by atoms with Gasteiger partial charge in [-0.15, -0.1) is 11.3 Å². The van der Waals surface area contributed by atoms with Crippen molar-refractivity contribution >= 4 is 44.7 Å². The maximum Gasteiger partial charge on any atom is 0.224 e. The number of halogens is 1. The summed E-state index contributed by atoms with van der Waals surface area (Å²) in [6.07, 6.45) is 3.12. The number of aromatic nitrogens is 1. The zero-order valence-electron chi connectivity index (χ0n) is 14.8. The number of hydrogen-bond donors (Lipinski definition) is 1. The van der Waals surface area contributed by atoms with Crippen LogP contribution in [0.2, 0.25) is 5.02 Å². The first kappa shape index (κ1) is 18.7. The van der Waals surface area contributed by atoms with Crippen LogP contribution in [0.4, 0.5) is 5.69 Å². The zero-order valence-corrected chi connectivity index (χ0v) is 16.4. The van der Waals surface area contributed by atoms with E-state index in [4.69, 9.17) is 16.3 Å². The monoisotopic (exact) mass is 388 g/mol. The van der Waals surface area contributed by atoms with Crippen molar-refractivity contribution in [2.45, 2.75) is 32.6 Å². The van der Waals surface area contributed by atoms with Gasteiger partial charge in [0.25, 0.3) is 0 Å². The average Bonchev–Trinajstić information content (AvgIpc) is 3.04. The minimum absolute atomic E-state index is 0.0191. The second-order valence-electron chi connectivity index (χ2n) is 6.13. The molecule has 6 heteroatoms. The summed E-state index contributed by atoms with van der Waals surface area (Å²) in [6.45, 7) is 1.90. The predicted molar refractivity (Wildman–Crippen MR) is 109 cm³/mol. The summed E-state index contributed by atoms with van der Waals surface area (Å²) >= 11 is 7.82. The lowest BCUT2D eigenvalue weighted by Gasteiger charge is -2.12. The van der Waals surface area contributed by atoms with E-state index < -0.39 is 0 Å². The first-order valence-electron chi connectivity index (χ1n) is 8.55. The van der Waals surface area contributed by atoms with Gasteiger partial charge < -0.3 is 10.1 Å². The minimum atomic E-state index is -0.0191. The Balaban J connectivity index is 1.49. The zero-order chi connectivity index (χ0) is 18.5. The van der Waals surface area contributed by atoms with Gasteiger partial charge in [0.1, 0.15) is 5.75 Å². The molecule has 3 rings (SSSR count). The number of para-hydroxylation sites is 1. The molecule has 0 fully saturated rings. The van der Waals surface area contributed by atoms with Crippen LogP contribution in [0, 0.1) is 6.92 Å². The van der Waals surface area contributed by atoms with Crippen LogP contribution in [-0.4, -0.2) is 18.0 Å². The van der Waals surface area contributed by atoms with Crippen LogP contribution in [0.5, 0.6) is 5.75 Å². The number of nitrogens with zero attached hydrogens (tertiary/aromatic N) is 1. The Bertz CT molecular complexity index is 890. The number of ether oxygens (including phenoxy) is 1. The molecule has 0 aliphatic heterocycles. The molecule has 0 unspecified atom stereocenters. The number of unbranched alkanes of at least 4 members (excludes halogenated alkanes) is 1. The Hall–Kier alpha value is -2.11. The Labute approximate surface area is 162 Å². The quantitative estimate of drug-likeness (QED) is 0.534. The van der Waals surface area contributed by atoms with Crippen molar-refractivity contribution in [1.82, 2.24) is 4.98 Å². The van der Waals surface area contributed by atoms with Gasteiger partial charge >= 0.3 is 0 Å². The molecule has 26 heavy (non-hydrogen) atoms. The predicted octanol–water partition coefficient (Wildman–Crippen LogP) is 5.62. The van der Waals surface area contributed by atoms with E-state index in [-0.39, 0.29) is 5.91 Å². The number of fused-ring (bicyclic) bond motifs is 1. The number of rotatable bonds is 7. The third-order valence-corrected chi connectivity index (χ3v) is 5.64. The molecule has 1 aromatic heterocycles. The van der Waals surface area contributed by atoms with Crippen molar-refractivity contribution in [3.8, 4) is 5.75 Å². The molecular formula is C20H21ClN2O2S. The summed E-state index contributed by atoms with van der Waals surface area (Å²) in [7, 11) is 1.56. The average molecular weight is 389 g/mol. The molecule has 1 N–H and O–H groups in total. The Morgan fingerprint density at radius 3 is 2.85 bits per heavy atom. The summed E-state index contributed by atoms with van der Waals surface area (Å²) < 4.78 is 6.50. The normalized spacial score (nSPS) is 10.9. The van der Waals surface area contributed by atoms with Gasteiger partial charge in [0.2, 0.25) is 5.91 Å². The fourth-order valence-corrected chi connectivity index (χ4v) is 3.89. The molecule has 0 spiro atoms. The molecule has 0 aliphatic rings. The van der Waals surface area contributed by atoms with Gasteiger partial charge in [0.15, 0.2) is 0 Å². The molecule has 0 aliphatic carbocycles. The van der Waals surface area contributed by atoms with Crippen LogP contribution in [0.1, 0.15) is 29.8 Å². The van der Waals surface area contributed by atoms with Crippen LogP contribution in [0.25, 0.3) is 10.2 Å². The number of carbonyl (C=O) groups is 1. The van der Waals surface area contributed by atoms with Crippen LogP contribution in [0.3, 0.4) is 0 Å². The molecule has 0 bridgehead atoms. The highest BCUT2D eigenvalue weighted by atomic mass is 35.5. The van der Waals surface area contributed by atoms with E-state index in [1.807, 2.05) is 31.2 Å². The maximum atomic E-state index is 12.2. The molecular weight excluding hydrogens is 368 g/mol. The van der Waals surface area contributed by atoms with Gasteiger partial charge in [-0.05, 0) is 49.9 Å². The highest BCUT2D eigenvalue weighted by molar-refractivity contribution is 7.18. The van der Waals surface area contributed by atoms with Crippen molar-refractivity contribution < 1.29 is 9.53 Å². The second kappa shape index (κ2) is 8.52. The molecule has 4 nitrogen and oxygen atoms in total. The standard InChI is InChI=1S/C20H21ClN2O2S/c1-13-11-16(17(25-2)12-14(13)21)22-19(24)9-5-6-10-20-23-15-7-3-4-8-18(15)26-20/h3-4,7-8,11-12H,5-6,9-10H2,1-2H3,(H,22,24). The van der Waals surface area contributed by atoms with E-state index in [0.29, 0.717) is 22.9 Å². The van der Waals surface area contributed by atoms with Crippen molar-refractivity contribution in [1.29, 1.82) is 0 Å². The molecule has 3 aromatic rings. The highest BCUT2D eigenvalue weighted by Gasteiger charge is 2.10. The van der Waals surface area contributed by atoms with Crippen molar-refractivity contribution in [3.05, 3.63) is 52.0 Å². The van der Waals surface area contributed by atoms with Crippen molar-refractivity contribution in [2.24, 2.45) is 0 Å². The third-order valence-electron chi connectivity index (χ3n) is 4.14. The van der Waals surface area contributed by atoms with E-state index >= 15 is 0 Å². The number of thiazole rings is 1. The topological polar surface area (TPSA) is 51.2 Å². The van der Waals surface area contributed by atoms with Gasteiger partial charge in [-0.1, -0.05) is 23.7 Å². The first-order valence-corrected chi connectivity index (χ1v) is 9.74.